The van der Waals surface area contributed by atoms with Crippen LogP contribution in [0, 0.1) is 5.41 Å². The van der Waals surface area contributed by atoms with Crippen molar-refractivity contribution in [2.24, 2.45) is 7.05 Å². The molecule has 0 aliphatic heterocycles. The Labute approximate surface area is 182 Å². The Hall–Kier alpha value is -3.48. The number of carbonyl (C=O) groups excluding carboxylic acids is 1. The number of methoxy groups -OCH3 is 2. The summed E-state index contributed by atoms with van der Waals surface area (Å²) in [6, 6.07) is 11.2. The molecule has 1 aromatic heterocycles. The number of nitrogens with zero attached hydrogens (tertiary/aromatic N) is 2. The highest BCUT2D eigenvalue weighted by molar-refractivity contribution is 5.96. The van der Waals surface area contributed by atoms with Gasteiger partial charge in [0.05, 0.1) is 27.4 Å². The van der Waals surface area contributed by atoms with E-state index >= 15 is 0 Å². The van der Waals surface area contributed by atoms with Crippen molar-refractivity contribution < 1.29 is 19.0 Å². The summed E-state index contributed by atoms with van der Waals surface area (Å²) >= 11 is 0. The average Bonchev–Trinajstić information content (AvgIpc) is 3.09. The summed E-state index contributed by atoms with van der Waals surface area (Å²) in [5.41, 5.74) is 2.90. The van der Waals surface area contributed by atoms with Crippen molar-refractivity contribution in [2.45, 2.75) is 26.3 Å². The van der Waals surface area contributed by atoms with Gasteiger partial charge in [0, 0.05) is 37.5 Å². The maximum atomic E-state index is 13.0. The van der Waals surface area contributed by atoms with E-state index in [-0.39, 0.29) is 5.78 Å². The number of hydrogen-bond donors (Lipinski definition) is 1. The molecule has 7 heteroatoms. The van der Waals surface area contributed by atoms with Gasteiger partial charge >= 0.3 is 0 Å². The average molecular weight is 424 g/mol. The van der Waals surface area contributed by atoms with Crippen LogP contribution < -0.4 is 19.8 Å². The number of ketones is 1. The second kappa shape index (κ2) is 10.0. The molecule has 164 valence electrons. The van der Waals surface area contributed by atoms with Crippen LogP contribution in [0.2, 0.25) is 0 Å². The van der Waals surface area contributed by atoms with Crippen LogP contribution in [0.25, 0.3) is 0 Å². The van der Waals surface area contributed by atoms with Crippen LogP contribution in [-0.2, 0) is 20.0 Å². The van der Waals surface area contributed by atoms with E-state index in [1.54, 1.807) is 24.9 Å². The first-order valence-electron chi connectivity index (χ1n) is 10.2. The number of aryl methyl sites for hydroxylation is 2. The van der Waals surface area contributed by atoms with Gasteiger partial charge in [0.1, 0.15) is 17.2 Å². The Bertz CT molecular complexity index is 1090. The maximum Gasteiger partial charge on any atom is 0.202 e. The number of benzene rings is 2. The third-order valence-corrected chi connectivity index (χ3v) is 5.08. The summed E-state index contributed by atoms with van der Waals surface area (Å²) in [6.45, 7) is 2.93. The van der Waals surface area contributed by atoms with Gasteiger partial charge in [0.25, 0.3) is 0 Å². The van der Waals surface area contributed by atoms with Crippen LogP contribution in [0.1, 0.15) is 34.8 Å². The first kappa shape index (κ1) is 22.2. The predicted octanol–water partition coefficient (Wildman–Crippen LogP) is 3.59. The fourth-order valence-electron chi connectivity index (χ4n) is 3.42. The van der Waals surface area contributed by atoms with Crippen LogP contribution in [0.4, 0.5) is 0 Å². The molecule has 3 aromatic rings. The normalized spacial score (nSPS) is 10.7. The van der Waals surface area contributed by atoms with E-state index in [0.29, 0.717) is 54.4 Å². The lowest BCUT2D eigenvalue weighted by Gasteiger charge is -2.11. The first-order chi connectivity index (χ1) is 14.9. The Morgan fingerprint density at radius 2 is 1.61 bits per heavy atom. The fourth-order valence-corrected chi connectivity index (χ4v) is 3.42. The number of ether oxygens (including phenoxy) is 3. The third-order valence-electron chi connectivity index (χ3n) is 5.08. The number of nitrogens with one attached hydrogen (secondary N) is 1. The summed E-state index contributed by atoms with van der Waals surface area (Å²) in [5, 5.41) is 8.13. The van der Waals surface area contributed by atoms with Crippen LogP contribution in [0.15, 0.2) is 48.8 Å². The van der Waals surface area contributed by atoms with Crippen LogP contribution in [0.3, 0.4) is 0 Å². The van der Waals surface area contributed by atoms with E-state index in [1.807, 2.05) is 61.3 Å². The van der Waals surface area contributed by atoms with Crippen LogP contribution in [-0.4, -0.2) is 35.7 Å². The van der Waals surface area contributed by atoms with Gasteiger partial charge in [-0.3, -0.25) is 10.2 Å². The molecule has 0 atom stereocenters. The number of carbonyl (C=O) groups is 1. The van der Waals surface area contributed by atoms with Crippen LogP contribution >= 0.6 is 0 Å². The van der Waals surface area contributed by atoms with Gasteiger partial charge in [-0.1, -0.05) is 0 Å². The predicted molar refractivity (Wildman–Crippen MR) is 118 cm³/mol. The quantitative estimate of drug-likeness (QED) is 0.506. The topological polar surface area (TPSA) is 78.5 Å². The Morgan fingerprint density at radius 3 is 2.19 bits per heavy atom. The van der Waals surface area contributed by atoms with Crippen molar-refractivity contribution in [3.8, 4) is 17.2 Å². The SMILES string of the molecule is CCOc1cc(Cn2ccn(C)c2=N)cc(C(=O)CCc2cc(OC)cc(OC)c2)c1. The highest BCUT2D eigenvalue weighted by Crippen LogP contribution is 2.24. The summed E-state index contributed by atoms with van der Waals surface area (Å²) in [5.74, 6) is 2.10. The summed E-state index contributed by atoms with van der Waals surface area (Å²) in [4.78, 5) is 13.0. The minimum atomic E-state index is 0.0359. The van der Waals surface area contributed by atoms with E-state index in [1.165, 1.54) is 0 Å². The Morgan fingerprint density at radius 1 is 0.935 bits per heavy atom. The number of aromatic nitrogens is 2. The molecule has 31 heavy (non-hydrogen) atoms. The second-order valence-corrected chi connectivity index (χ2v) is 7.30. The fraction of sp³-hybridized carbons (Fsp3) is 0.333. The molecule has 1 heterocycles. The number of hydrogen-bond acceptors (Lipinski definition) is 5. The highest BCUT2D eigenvalue weighted by atomic mass is 16.5. The molecular weight excluding hydrogens is 394 g/mol. The minimum absolute atomic E-state index is 0.0359. The molecule has 0 spiro atoms. The van der Waals surface area contributed by atoms with Gasteiger partial charge in [0.15, 0.2) is 5.78 Å². The van der Waals surface area contributed by atoms with Gasteiger partial charge in [-0.15, -0.1) is 0 Å². The second-order valence-electron chi connectivity index (χ2n) is 7.30. The summed E-state index contributed by atoms with van der Waals surface area (Å²) < 4.78 is 19.9. The number of Topliss-reactive ketones (excluding diaryl/α,β-unsaturated/α-hetero) is 1. The highest BCUT2D eigenvalue weighted by Gasteiger charge is 2.12. The van der Waals surface area contributed by atoms with Crippen molar-refractivity contribution in [1.29, 1.82) is 5.41 Å². The standard InChI is InChI=1S/C24H29N3O4/c1-5-31-22-13-18(16-27-9-8-26(2)24(27)25)10-19(14-22)23(28)7-6-17-11-20(29-3)15-21(12-17)30-4/h8-15,25H,5-7,16H2,1-4H3. The van der Waals surface area contributed by atoms with E-state index in [0.717, 1.165) is 11.1 Å². The molecule has 0 amide bonds. The Kier molecular flexibility index (Phi) is 7.18. The van der Waals surface area contributed by atoms with Crippen molar-refractivity contribution in [3.05, 3.63) is 71.1 Å². The van der Waals surface area contributed by atoms with Crippen molar-refractivity contribution >= 4 is 5.78 Å². The summed E-state index contributed by atoms with van der Waals surface area (Å²) in [7, 11) is 5.05. The van der Waals surface area contributed by atoms with Crippen molar-refractivity contribution in [2.75, 3.05) is 20.8 Å². The summed E-state index contributed by atoms with van der Waals surface area (Å²) in [6.07, 6.45) is 4.62. The zero-order valence-corrected chi connectivity index (χ0v) is 18.5. The molecule has 0 fully saturated rings. The molecule has 0 aliphatic rings. The monoisotopic (exact) mass is 423 g/mol. The van der Waals surface area contributed by atoms with Crippen LogP contribution in [0.5, 0.6) is 17.2 Å². The molecule has 0 saturated carbocycles. The molecular formula is C24H29N3O4. The third kappa shape index (κ3) is 5.57. The van der Waals surface area contributed by atoms with Gasteiger partial charge in [0.2, 0.25) is 5.62 Å². The lowest BCUT2D eigenvalue weighted by molar-refractivity contribution is 0.0982. The van der Waals surface area contributed by atoms with E-state index in [2.05, 4.69) is 0 Å². The van der Waals surface area contributed by atoms with E-state index in [9.17, 15) is 4.79 Å². The molecule has 0 radical (unpaired) electrons. The molecule has 0 bridgehead atoms. The van der Waals surface area contributed by atoms with Gasteiger partial charge in [-0.2, -0.15) is 0 Å². The molecule has 3 rings (SSSR count). The van der Waals surface area contributed by atoms with E-state index in [4.69, 9.17) is 19.6 Å². The van der Waals surface area contributed by atoms with E-state index < -0.39 is 0 Å². The molecule has 1 N–H and O–H groups in total. The van der Waals surface area contributed by atoms with Crippen molar-refractivity contribution in [3.63, 3.8) is 0 Å². The minimum Gasteiger partial charge on any atom is -0.497 e. The van der Waals surface area contributed by atoms with Gasteiger partial charge < -0.3 is 23.3 Å². The largest absolute Gasteiger partial charge is 0.497 e. The molecule has 0 aliphatic carbocycles. The molecule has 0 saturated heterocycles. The Balaban J connectivity index is 1.80. The van der Waals surface area contributed by atoms with Crippen molar-refractivity contribution in [1.82, 2.24) is 9.13 Å². The number of rotatable bonds is 10. The lowest BCUT2D eigenvalue weighted by Crippen LogP contribution is -2.22. The smallest absolute Gasteiger partial charge is 0.202 e. The molecule has 0 unspecified atom stereocenters. The van der Waals surface area contributed by atoms with Gasteiger partial charge in [-0.25, -0.2) is 0 Å². The first-order valence-corrected chi connectivity index (χ1v) is 10.2. The molecule has 2 aromatic carbocycles. The maximum absolute atomic E-state index is 13.0. The lowest BCUT2D eigenvalue weighted by atomic mass is 10.0. The number of imidazole rings is 1. The zero-order valence-electron chi connectivity index (χ0n) is 18.5. The zero-order chi connectivity index (χ0) is 22.4. The molecule has 7 nitrogen and oxygen atoms in total. The van der Waals surface area contributed by atoms with Gasteiger partial charge in [-0.05, 0) is 54.8 Å².